The lowest BCUT2D eigenvalue weighted by Gasteiger charge is -2.37. The first-order chi connectivity index (χ1) is 16.3. The van der Waals surface area contributed by atoms with Crippen LogP contribution in [0.2, 0.25) is 5.02 Å². The van der Waals surface area contributed by atoms with E-state index in [2.05, 4.69) is 15.1 Å². The standard InChI is InChI=1S/C26H24ClN3O4/c1-17(31)18-4-8-21(9-5-18)29-12-14-30(15-13-29)22-10-11-24(23(16-22)26(33)34)28-25(32)19-2-6-20(27)7-3-19/h2-11,16H,12-15H2,1H3,(H,28,32)(H,33,34). The van der Waals surface area contributed by atoms with E-state index in [1.807, 2.05) is 30.3 Å². The Kier molecular flexibility index (Phi) is 6.84. The predicted octanol–water partition coefficient (Wildman–Crippen LogP) is 4.82. The highest BCUT2D eigenvalue weighted by Crippen LogP contribution is 2.26. The first-order valence-electron chi connectivity index (χ1n) is 10.9. The van der Waals surface area contributed by atoms with Gasteiger partial charge in [-0.15, -0.1) is 0 Å². The molecule has 1 heterocycles. The molecule has 1 fully saturated rings. The van der Waals surface area contributed by atoms with Crippen LogP contribution in [0.1, 0.15) is 38.0 Å². The van der Waals surface area contributed by atoms with Crippen LogP contribution >= 0.6 is 11.6 Å². The van der Waals surface area contributed by atoms with Crippen molar-refractivity contribution >= 4 is 46.3 Å². The number of anilines is 3. The van der Waals surface area contributed by atoms with Gasteiger partial charge in [-0.25, -0.2) is 4.79 Å². The predicted molar refractivity (Wildman–Crippen MR) is 134 cm³/mol. The van der Waals surface area contributed by atoms with E-state index < -0.39 is 11.9 Å². The van der Waals surface area contributed by atoms with Crippen molar-refractivity contribution in [3.63, 3.8) is 0 Å². The highest BCUT2D eigenvalue weighted by molar-refractivity contribution is 6.30. The third-order valence-electron chi connectivity index (χ3n) is 5.87. The van der Waals surface area contributed by atoms with Crippen molar-refractivity contribution in [1.29, 1.82) is 0 Å². The molecule has 8 heteroatoms. The summed E-state index contributed by atoms with van der Waals surface area (Å²) in [6, 6.07) is 19.0. The van der Waals surface area contributed by atoms with E-state index in [0.717, 1.165) is 24.5 Å². The molecule has 174 valence electrons. The average Bonchev–Trinajstić information content (AvgIpc) is 2.84. The number of carbonyl (C=O) groups is 3. The number of amides is 1. The van der Waals surface area contributed by atoms with Crippen LogP contribution in [0.4, 0.5) is 17.1 Å². The van der Waals surface area contributed by atoms with Crippen molar-refractivity contribution in [1.82, 2.24) is 0 Å². The maximum Gasteiger partial charge on any atom is 0.337 e. The Bertz CT molecular complexity index is 1220. The minimum Gasteiger partial charge on any atom is -0.478 e. The molecule has 0 atom stereocenters. The number of aromatic carboxylic acids is 1. The molecule has 4 rings (SSSR count). The summed E-state index contributed by atoms with van der Waals surface area (Å²) in [5.74, 6) is -1.48. The second-order valence-electron chi connectivity index (χ2n) is 8.07. The second kappa shape index (κ2) is 9.97. The van der Waals surface area contributed by atoms with Gasteiger partial charge in [0.1, 0.15) is 0 Å². The van der Waals surface area contributed by atoms with E-state index in [1.54, 1.807) is 43.3 Å². The van der Waals surface area contributed by atoms with E-state index in [1.165, 1.54) is 0 Å². The van der Waals surface area contributed by atoms with Crippen molar-refractivity contribution < 1.29 is 19.5 Å². The molecule has 0 radical (unpaired) electrons. The van der Waals surface area contributed by atoms with Crippen molar-refractivity contribution in [2.24, 2.45) is 0 Å². The van der Waals surface area contributed by atoms with Gasteiger partial charge in [0, 0.05) is 53.7 Å². The molecular weight excluding hydrogens is 454 g/mol. The summed E-state index contributed by atoms with van der Waals surface area (Å²) < 4.78 is 0. The van der Waals surface area contributed by atoms with Gasteiger partial charge in [0.2, 0.25) is 0 Å². The number of carboxylic acid groups (broad SMARTS) is 1. The number of benzene rings is 3. The number of hydrogen-bond donors (Lipinski definition) is 2. The normalized spacial score (nSPS) is 13.5. The zero-order valence-corrected chi connectivity index (χ0v) is 19.4. The summed E-state index contributed by atoms with van der Waals surface area (Å²) in [5, 5.41) is 12.9. The lowest BCUT2D eigenvalue weighted by atomic mass is 10.1. The number of carboxylic acids is 1. The van der Waals surface area contributed by atoms with Crippen molar-refractivity contribution in [2.45, 2.75) is 6.92 Å². The van der Waals surface area contributed by atoms with Crippen LogP contribution in [0.3, 0.4) is 0 Å². The third kappa shape index (κ3) is 5.21. The van der Waals surface area contributed by atoms with Gasteiger partial charge in [-0.2, -0.15) is 0 Å². The van der Waals surface area contributed by atoms with Gasteiger partial charge in [-0.3, -0.25) is 9.59 Å². The van der Waals surface area contributed by atoms with Crippen molar-refractivity contribution in [3.05, 3.63) is 88.4 Å². The highest BCUT2D eigenvalue weighted by Gasteiger charge is 2.21. The number of carbonyl (C=O) groups excluding carboxylic acids is 2. The van der Waals surface area contributed by atoms with E-state index in [4.69, 9.17) is 11.6 Å². The molecule has 1 aliphatic heterocycles. The van der Waals surface area contributed by atoms with Gasteiger partial charge in [-0.1, -0.05) is 11.6 Å². The van der Waals surface area contributed by atoms with Crippen LogP contribution in [-0.2, 0) is 0 Å². The minimum absolute atomic E-state index is 0.0297. The molecule has 1 saturated heterocycles. The Balaban J connectivity index is 1.45. The summed E-state index contributed by atoms with van der Waals surface area (Å²) in [7, 11) is 0. The van der Waals surface area contributed by atoms with Gasteiger partial charge in [0.05, 0.1) is 11.3 Å². The molecule has 0 aromatic heterocycles. The number of piperazine rings is 1. The van der Waals surface area contributed by atoms with Gasteiger partial charge >= 0.3 is 5.97 Å². The monoisotopic (exact) mass is 477 g/mol. The fraction of sp³-hybridized carbons (Fsp3) is 0.192. The zero-order chi connectivity index (χ0) is 24.2. The van der Waals surface area contributed by atoms with Gasteiger partial charge in [0.25, 0.3) is 5.91 Å². The Labute approximate surface area is 202 Å². The molecule has 0 saturated carbocycles. The van der Waals surface area contributed by atoms with Crippen LogP contribution in [0, 0.1) is 0 Å². The van der Waals surface area contributed by atoms with Crippen LogP contribution < -0.4 is 15.1 Å². The molecule has 2 N–H and O–H groups in total. The molecule has 7 nitrogen and oxygen atoms in total. The number of hydrogen-bond acceptors (Lipinski definition) is 5. The third-order valence-corrected chi connectivity index (χ3v) is 6.12. The number of rotatable bonds is 6. The Morgan fingerprint density at radius 2 is 1.32 bits per heavy atom. The smallest absolute Gasteiger partial charge is 0.337 e. The molecular formula is C26H24ClN3O4. The maximum absolute atomic E-state index is 12.5. The fourth-order valence-corrected chi connectivity index (χ4v) is 4.07. The van der Waals surface area contributed by atoms with Gasteiger partial charge in [0.15, 0.2) is 5.78 Å². The Morgan fingerprint density at radius 3 is 1.88 bits per heavy atom. The van der Waals surface area contributed by atoms with E-state index >= 15 is 0 Å². The van der Waals surface area contributed by atoms with E-state index in [0.29, 0.717) is 29.2 Å². The quantitative estimate of drug-likeness (QED) is 0.495. The maximum atomic E-state index is 12.5. The minimum atomic E-state index is -1.11. The molecule has 0 unspecified atom stereocenters. The lowest BCUT2D eigenvalue weighted by molar-refractivity contribution is 0.0697. The number of Topliss-reactive ketones (excluding diaryl/α,β-unsaturated/α-hetero) is 1. The lowest BCUT2D eigenvalue weighted by Crippen LogP contribution is -2.46. The van der Waals surface area contributed by atoms with Crippen molar-refractivity contribution in [3.8, 4) is 0 Å². The number of ketones is 1. The van der Waals surface area contributed by atoms with Crippen LogP contribution in [-0.4, -0.2) is 48.9 Å². The molecule has 0 aliphatic carbocycles. The van der Waals surface area contributed by atoms with Gasteiger partial charge < -0.3 is 20.2 Å². The summed E-state index contributed by atoms with van der Waals surface area (Å²) in [6.07, 6.45) is 0. The number of halogens is 1. The molecule has 1 amide bonds. The zero-order valence-electron chi connectivity index (χ0n) is 18.6. The van der Waals surface area contributed by atoms with Gasteiger partial charge in [-0.05, 0) is 73.7 Å². The molecule has 3 aromatic carbocycles. The summed E-state index contributed by atoms with van der Waals surface area (Å²) in [4.78, 5) is 40.3. The largest absolute Gasteiger partial charge is 0.478 e. The SMILES string of the molecule is CC(=O)c1ccc(N2CCN(c3ccc(NC(=O)c4ccc(Cl)cc4)c(C(=O)O)c3)CC2)cc1. The molecule has 3 aromatic rings. The number of nitrogens with zero attached hydrogens (tertiary/aromatic N) is 2. The summed E-state index contributed by atoms with van der Waals surface area (Å²) in [6.45, 7) is 4.50. The molecule has 1 aliphatic rings. The Hall–Kier alpha value is -3.84. The summed E-state index contributed by atoms with van der Waals surface area (Å²) in [5.41, 5.74) is 3.18. The topological polar surface area (TPSA) is 90.0 Å². The van der Waals surface area contributed by atoms with Crippen LogP contribution in [0.25, 0.3) is 0 Å². The van der Waals surface area contributed by atoms with Crippen LogP contribution in [0.5, 0.6) is 0 Å². The number of nitrogens with one attached hydrogen (secondary N) is 1. The summed E-state index contributed by atoms with van der Waals surface area (Å²) >= 11 is 5.87. The van der Waals surface area contributed by atoms with E-state index in [-0.39, 0.29) is 17.0 Å². The Morgan fingerprint density at radius 1 is 0.794 bits per heavy atom. The van der Waals surface area contributed by atoms with E-state index in [9.17, 15) is 19.5 Å². The average molecular weight is 478 g/mol. The molecule has 0 bridgehead atoms. The van der Waals surface area contributed by atoms with Crippen molar-refractivity contribution in [2.75, 3.05) is 41.3 Å². The fourth-order valence-electron chi connectivity index (χ4n) is 3.94. The van der Waals surface area contributed by atoms with Crippen LogP contribution in [0.15, 0.2) is 66.7 Å². The molecule has 34 heavy (non-hydrogen) atoms. The highest BCUT2D eigenvalue weighted by atomic mass is 35.5. The molecule has 0 spiro atoms. The second-order valence-corrected chi connectivity index (χ2v) is 8.51. The first kappa shape index (κ1) is 23.3. The first-order valence-corrected chi connectivity index (χ1v) is 11.2.